The Morgan fingerprint density at radius 3 is 2.67 bits per heavy atom. The van der Waals surface area contributed by atoms with Crippen molar-refractivity contribution in [2.24, 2.45) is 0 Å². The zero-order valence-corrected chi connectivity index (χ0v) is 15.4. The van der Waals surface area contributed by atoms with Gasteiger partial charge < -0.3 is 8.83 Å². The Kier molecular flexibility index (Phi) is 4.84. The lowest BCUT2D eigenvalue weighted by Crippen LogP contribution is -2.35. The van der Waals surface area contributed by atoms with E-state index < -0.39 is 9.84 Å². The number of hydrogen-bond donors (Lipinski definition) is 0. The summed E-state index contributed by atoms with van der Waals surface area (Å²) in [4.78, 5) is 6.33. The molecule has 1 unspecified atom stereocenters. The van der Waals surface area contributed by atoms with Gasteiger partial charge in [-0.25, -0.2) is 17.8 Å². The van der Waals surface area contributed by atoms with Crippen LogP contribution in [0.5, 0.6) is 0 Å². The van der Waals surface area contributed by atoms with Gasteiger partial charge in [-0.1, -0.05) is 0 Å². The van der Waals surface area contributed by atoms with E-state index in [-0.39, 0.29) is 23.4 Å². The van der Waals surface area contributed by atoms with Crippen molar-refractivity contribution in [2.75, 3.05) is 11.5 Å². The Balaban J connectivity index is 1.53. The third-order valence-electron chi connectivity index (χ3n) is 4.68. The van der Waals surface area contributed by atoms with Gasteiger partial charge in [-0.15, -0.1) is 0 Å². The van der Waals surface area contributed by atoms with E-state index in [0.717, 1.165) is 11.3 Å². The summed E-state index contributed by atoms with van der Waals surface area (Å²) in [6, 6.07) is 9.54. The molecule has 6 nitrogen and oxygen atoms in total. The first-order valence-corrected chi connectivity index (χ1v) is 10.5. The first kappa shape index (κ1) is 17.9. The van der Waals surface area contributed by atoms with Crippen molar-refractivity contribution in [1.82, 2.24) is 9.88 Å². The molecule has 0 N–H and O–H groups in total. The Hall–Kier alpha value is -2.45. The summed E-state index contributed by atoms with van der Waals surface area (Å²) >= 11 is 0. The second-order valence-electron chi connectivity index (χ2n) is 6.67. The van der Waals surface area contributed by atoms with Crippen molar-refractivity contribution in [1.29, 1.82) is 0 Å². The molecule has 2 aromatic heterocycles. The Bertz CT molecular complexity index is 997. The predicted octanol–water partition coefficient (Wildman–Crippen LogP) is 3.26. The van der Waals surface area contributed by atoms with Gasteiger partial charge in [0.15, 0.2) is 15.6 Å². The highest BCUT2D eigenvalue weighted by Crippen LogP contribution is 2.25. The Labute approximate surface area is 156 Å². The average Bonchev–Trinajstić information content (AvgIpc) is 3.36. The van der Waals surface area contributed by atoms with Crippen LogP contribution < -0.4 is 0 Å². The normalized spacial score (nSPS) is 19.0. The lowest BCUT2D eigenvalue weighted by molar-refractivity contribution is 0.163. The van der Waals surface area contributed by atoms with Gasteiger partial charge in [-0.3, -0.25) is 4.90 Å². The summed E-state index contributed by atoms with van der Waals surface area (Å²) in [5.74, 6) is 1.78. The van der Waals surface area contributed by atoms with Gasteiger partial charge in [0.2, 0.25) is 5.89 Å². The SMILES string of the molecule is O=S1(=O)CCC(N(Cc2ccco2)Cc2ncc(-c3ccc(F)cc3)o2)C1. The molecule has 1 aliphatic heterocycles. The number of nitrogens with zero attached hydrogens (tertiary/aromatic N) is 2. The minimum absolute atomic E-state index is 0.110. The monoisotopic (exact) mass is 390 g/mol. The molecule has 1 saturated heterocycles. The number of furan rings is 1. The molecule has 1 fully saturated rings. The van der Waals surface area contributed by atoms with Crippen LogP contribution in [0.1, 0.15) is 18.1 Å². The van der Waals surface area contributed by atoms with E-state index in [1.807, 2.05) is 11.0 Å². The largest absolute Gasteiger partial charge is 0.468 e. The maximum Gasteiger partial charge on any atom is 0.209 e. The van der Waals surface area contributed by atoms with Crippen LogP contribution in [-0.4, -0.2) is 35.8 Å². The van der Waals surface area contributed by atoms with Crippen molar-refractivity contribution in [2.45, 2.75) is 25.6 Å². The van der Waals surface area contributed by atoms with E-state index in [1.165, 1.54) is 12.1 Å². The second kappa shape index (κ2) is 7.28. The fourth-order valence-electron chi connectivity index (χ4n) is 3.28. The van der Waals surface area contributed by atoms with Crippen LogP contribution in [0.15, 0.2) is 57.7 Å². The molecule has 4 rings (SSSR count). The smallest absolute Gasteiger partial charge is 0.209 e. The summed E-state index contributed by atoms with van der Waals surface area (Å²) < 4.78 is 48.1. The number of oxazole rings is 1. The van der Waals surface area contributed by atoms with Crippen LogP contribution in [-0.2, 0) is 22.9 Å². The lowest BCUT2D eigenvalue weighted by atomic mass is 10.2. The molecule has 27 heavy (non-hydrogen) atoms. The van der Waals surface area contributed by atoms with Gasteiger partial charge in [0.1, 0.15) is 11.6 Å². The molecule has 142 valence electrons. The Morgan fingerprint density at radius 2 is 2.00 bits per heavy atom. The highest BCUT2D eigenvalue weighted by molar-refractivity contribution is 7.91. The van der Waals surface area contributed by atoms with Crippen LogP contribution >= 0.6 is 0 Å². The predicted molar refractivity (Wildman–Crippen MR) is 96.9 cm³/mol. The third-order valence-corrected chi connectivity index (χ3v) is 6.43. The summed E-state index contributed by atoms with van der Waals surface area (Å²) in [5.41, 5.74) is 0.733. The fourth-order valence-corrected chi connectivity index (χ4v) is 5.05. The van der Waals surface area contributed by atoms with Crippen molar-refractivity contribution in [3.8, 4) is 11.3 Å². The highest BCUT2D eigenvalue weighted by atomic mass is 32.2. The van der Waals surface area contributed by atoms with Crippen molar-refractivity contribution >= 4 is 9.84 Å². The topological polar surface area (TPSA) is 76.6 Å². The lowest BCUT2D eigenvalue weighted by Gasteiger charge is -2.25. The average molecular weight is 390 g/mol. The summed E-state index contributed by atoms with van der Waals surface area (Å²) in [5, 5.41) is 0. The van der Waals surface area contributed by atoms with Crippen LogP contribution in [0.2, 0.25) is 0 Å². The first-order valence-electron chi connectivity index (χ1n) is 8.66. The first-order chi connectivity index (χ1) is 13.0. The zero-order valence-electron chi connectivity index (χ0n) is 14.5. The van der Waals surface area contributed by atoms with E-state index in [4.69, 9.17) is 8.83 Å². The molecule has 0 aliphatic carbocycles. The number of halogens is 1. The van der Waals surface area contributed by atoms with Crippen LogP contribution in [0.3, 0.4) is 0 Å². The second-order valence-corrected chi connectivity index (χ2v) is 8.90. The van der Waals surface area contributed by atoms with E-state index in [2.05, 4.69) is 4.98 Å². The molecule has 8 heteroatoms. The van der Waals surface area contributed by atoms with Gasteiger partial charge in [-0.2, -0.15) is 0 Å². The summed E-state index contributed by atoms with van der Waals surface area (Å²) in [6.45, 7) is 0.837. The number of sulfone groups is 1. The van der Waals surface area contributed by atoms with Gasteiger partial charge in [0.25, 0.3) is 0 Å². The van der Waals surface area contributed by atoms with Gasteiger partial charge in [-0.05, 0) is 42.8 Å². The molecular formula is C19H19FN2O4S. The van der Waals surface area contributed by atoms with E-state index >= 15 is 0 Å². The maximum absolute atomic E-state index is 13.1. The summed E-state index contributed by atoms with van der Waals surface area (Å²) in [6.07, 6.45) is 3.77. The molecule has 0 saturated carbocycles. The van der Waals surface area contributed by atoms with E-state index in [1.54, 1.807) is 30.7 Å². The molecule has 1 aromatic carbocycles. The molecule has 3 aromatic rings. The van der Waals surface area contributed by atoms with Crippen LogP contribution in [0, 0.1) is 5.82 Å². The standard InChI is InChI=1S/C19H19FN2O4S/c20-15-5-3-14(4-6-15)18-10-21-19(26-18)12-22(11-17-2-1-8-25-17)16-7-9-27(23,24)13-16/h1-6,8,10,16H,7,9,11-13H2. The van der Waals surface area contributed by atoms with Crippen molar-refractivity contribution in [3.63, 3.8) is 0 Å². The Morgan fingerprint density at radius 1 is 1.19 bits per heavy atom. The quantitative estimate of drug-likeness (QED) is 0.643. The number of aromatic nitrogens is 1. The van der Waals surface area contributed by atoms with Crippen LogP contribution in [0.25, 0.3) is 11.3 Å². The minimum atomic E-state index is -3.01. The van der Waals surface area contributed by atoms with Crippen LogP contribution in [0.4, 0.5) is 4.39 Å². The third kappa shape index (κ3) is 4.28. The number of rotatable bonds is 6. The van der Waals surface area contributed by atoms with Gasteiger partial charge >= 0.3 is 0 Å². The number of benzene rings is 1. The van der Waals surface area contributed by atoms with Gasteiger partial charge in [0, 0.05) is 11.6 Å². The zero-order chi connectivity index (χ0) is 18.9. The molecule has 0 bridgehead atoms. The molecule has 1 aliphatic rings. The molecule has 3 heterocycles. The molecule has 0 radical (unpaired) electrons. The van der Waals surface area contributed by atoms with Crippen molar-refractivity contribution < 1.29 is 21.6 Å². The van der Waals surface area contributed by atoms with E-state index in [0.29, 0.717) is 31.2 Å². The van der Waals surface area contributed by atoms with Gasteiger partial charge in [0.05, 0.1) is 37.1 Å². The van der Waals surface area contributed by atoms with E-state index in [9.17, 15) is 12.8 Å². The van der Waals surface area contributed by atoms with Crippen molar-refractivity contribution in [3.05, 3.63) is 66.3 Å². The molecule has 0 amide bonds. The molecule has 1 atom stereocenters. The number of hydrogen-bond acceptors (Lipinski definition) is 6. The highest BCUT2D eigenvalue weighted by Gasteiger charge is 2.33. The molecular weight excluding hydrogens is 371 g/mol. The minimum Gasteiger partial charge on any atom is -0.468 e. The fraction of sp³-hybridized carbons (Fsp3) is 0.316. The molecule has 0 spiro atoms. The maximum atomic E-state index is 13.1. The summed E-state index contributed by atoms with van der Waals surface area (Å²) in [7, 11) is -3.01.